The summed E-state index contributed by atoms with van der Waals surface area (Å²) in [5.41, 5.74) is 2.11. The zero-order valence-electron chi connectivity index (χ0n) is 13.4. The Morgan fingerprint density at radius 3 is 2.79 bits per heavy atom. The molecule has 2 aromatic heterocycles. The third-order valence-electron chi connectivity index (χ3n) is 3.99. The molecule has 3 rings (SSSR count). The maximum absolute atomic E-state index is 12.8. The van der Waals surface area contributed by atoms with Crippen molar-refractivity contribution >= 4 is 11.4 Å². The van der Waals surface area contributed by atoms with E-state index in [1.165, 1.54) is 12.1 Å². The molecule has 0 aliphatic heterocycles. The number of carbonyl (C=O) groups excluding carboxylic acids is 1. The number of aryl methyl sites for hydroxylation is 1. The van der Waals surface area contributed by atoms with E-state index in [-0.39, 0.29) is 11.7 Å². The summed E-state index contributed by atoms with van der Waals surface area (Å²) in [4.78, 5) is 16.3. The van der Waals surface area contributed by atoms with Gasteiger partial charge < -0.3 is 9.72 Å². The van der Waals surface area contributed by atoms with Gasteiger partial charge in [-0.2, -0.15) is 0 Å². The number of fused-ring (bicyclic) bond motifs is 1. The molecule has 0 radical (unpaired) electrons. The maximum atomic E-state index is 12.8. The first-order chi connectivity index (χ1) is 11.7. The molecule has 0 spiro atoms. The van der Waals surface area contributed by atoms with Gasteiger partial charge in [-0.25, -0.2) is 9.37 Å². The van der Waals surface area contributed by atoms with Crippen molar-refractivity contribution in [2.75, 3.05) is 0 Å². The molecule has 0 unspecified atom stereocenters. The lowest BCUT2D eigenvalue weighted by atomic mass is 10.1. The number of hydrogen-bond acceptors (Lipinski definition) is 2. The smallest absolute Gasteiger partial charge is 0.220 e. The highest BCUT2D eigenvalue weighted by Gasteiger charge is 2.06. The fourth-order valence-electron chi connectivity index (χ4n) is 2.66. The number of hydrogen-bond donors (Lipinski definition) is 1. The van der Waals surface area contributed by atoms with Crippen molar-refractivity contribution in [3.8, 4) is 0 Å². The van der Waals surface area contributed by atoms with Gasteiger partial charge in [0.15, 0.2) is 0 Å². The molecule has 0 aliphatic rings. The van der Waals surface area contributed by atoms with E-state index < -0.39 is 0 Å². The monoisotopic (exact) mass is 325 g/mol. The van der Waals surface area contributed by atoms with Crippen molar-refractivity contribution in [2.24, 2.45) is 0 Å². The van der Waals surface area contributed by atoms with E-state index in [1.54, 1.807) is 18.3 Å². The van der Waals surface area contributed by atoms with Crippen LogP contribution in [0.2, 0.25) is 0 Å². The summed E-state index contributed by atoms with van der Waals surface area (Å²) in [6, 6.07) is 12.4. The van der Waals surface area contributed by atoms with Crippen LogP contribution in [0, 0.1) is 5.82 Å². The Kier molecular flexibility index (Phi) is 5.21. The molecule has 0 saturated carbocycles. The summed E-state index contributed by atoms with van der Waals surface area (Å²) >= 11 is 0. The highest BCUT2D eigenvalue weighted by molar-refractivity contribution is 5.75. The molecule has 5 heteroatoms. The molecule has 4 nitrogen and oxygen atoms in total. The van der Waals surface area contributed by atoms with Crippen molar-refractivity contribution < 1.29 is 9.18 Å². The van der Waals surface area contributed by atoms with Crippen LogP contribution in [0.3, 0.4) is 0 Å². The van der Waals surface area contributed by atoms with E-state index in [0.717, 1.165) is 36.2 Å². The van der Waals surface area contributed by atoms with Gasteiger partial charge in [0, 0.05) is 12.6 Å². The largest absolute Gasteiger partial charge is 0.349 e. The van der Waals surface area contributed by atoms with Crippen molar-refractivity contribution in [1.29, 1.82) is 0 Å². The van der Waals surface area contributed by atoms with Gasteiger partial charge in [-0.05, 0) is 49.1 Å². The number of unbranched alkanes of at least 4 members (excludes halogenated alkanes) is 1. The van der Waals surface area contributed by atoms with Crippen LogP contribution in [-0.2, 0) is 17.8 Å². The van der Waals surface area contributed by atoms with Gasteiger partial charge in [-0.15, -0.1) is 0 Å². The number of carbonyl (C=O) groups is 1. The van der Waals surface area contributed by atoms with Crippen molar-refractivity contribution in [1.82, 2.24) is 14.7 Å². The number of pyridine rings is 1. The first-order valence-electron chi connectivity index (χ1n) is 8.14. The number of halogens is 1. The summed E-state index contributed by atoms with van der Waals surface area (Å²) in [5.74, 6) is 0.636. The van der Waals surface area contributed by atoms with Gasteiger partial charge in [0.2, 0.25) is 5.91 Å². The second kappa shape index (κ2) is 7.73. The highest BCUT2D eigenvalue weighted by Crippen LogP contribution is 2.09. The minimum atomic E-state index is -0.218. The van der Waals surface area contributed by atoms with Gasteiger partial charge >= 0.3 is 0 Å². The van der Waals surface area contributed by atoms with Gasteiger partial charge in [0.25, 0.3) is 0 Å². The molecule has 0 atom stereocenters. The third kappa shape index (κ3) is 4.19. The quantitative estimate of drug-likeness (QED) is 0.676. The average Bonchev–Trinajstić information content (AvgIpc) is 3.02. The van der Waals surface area contributed by atoms with E-state index in [4.69, 9.17) is 0 Å². The van der Waals surface area contributed by atoms with E-state index in [0.29, 0.717) is 13.0 Å². The molecule has 3 aromatic rings. The number of nitrogens with one attached hydrogen (secondary N) is 1. The molecule has 0 saturated heterocycles. The van der Waals surface area contributed by atoms with E-state index in [9.17, 15) is 9.18 Å². The van der Waals surface area contributed by atoms with Crippen molar-refractivity contribution in [3.05, 3.63) is 72.1 Å². The Morgan fingerprint density at radius 1 is 1.12 bits per heavy atom. The van der Waals surface area contributed by atoms with Gasteiger partial charge in [0.05, 0.1) is 18.3 Å². The topological polar surface area (TPSA) is 46.4 Å². The molecular formula is C19H20FN3O. The van der Waals surface area contributed by atoms with Gasteiger partial charge in [0.1, 0.15) is 11.6 Å². The number of amides is 1. The second-order valence-corrected chi connectivity index (χ2v) is 5.78. The minimum absolute atomic E-state index is 0.0294. The van der Waals surface area contributed by atoms with Crippen LogP contribution in [0.25, 0.3) is 5.52 Å². The van der Waals surface area contributed by atoms with Crippen LogP contribution < -0.4 is 5.32 Å². The van der Waals surface area contributed by atoms with Gasteiger partial charge in [-0.3, -0.25) is 4.79 Å². The first kappa shape index (κ1) is 16.2. The van der Waals surface area contributed by atoms with E-state index in [1.807, 2.05) is 28.8 Å². The Labute approximate surface area is 140 Å². The SMILES string of the molecule is O=C(CCCCc1ccc(F)cc1)NCc1ncc2ccccn12. The van der Waals surface area contributed by atoms with Crippen molar-refractivity contribution in [2.45, 2.75) is 32.2 Å². The Balaban J connectivity index is 1.39. The van der Waals surface area contributed by atoms with Crippen LogP contribution in [0.15, 0.2) is 54.9 Å². The Bertz CT molecular complexity index is 811. The van der Waals surface area contributed by atoms with Gasteiger partial charge in [-0.1, -0.05) is 18.2 Å². The summed E-state index contributed by atoms with van der Waals surface area (Å²) in [6.07, 6.45) is 6.80. The fourth-order valence-corrected chi connectivity index (χ4v) is 2.66. The fraction of sp³-hybridized carbons (Fsp3) is 0.263. The Morgan fingerprint density at radius 2 is 1.96 bits per heavy atom. The standard InChI is InChI=1S/C19H20FN3O/c20-16-10-8-15(9-11-16)5-1-2-7-19(24)22-14-18-21-13-17-6-3-4-12-23(17)18/h3-4,6,8-13H,1-2,5,7,14H2,(H,22,24). The summed E-state index contributed by atoms with van der Waals surface area (Å²) in [6.45, 7) is 0.426. The number of imidazole rings is 1. The number of aromatic nitrogens is 2. The summed E-state index contributed by atoms with van der Waals surface area (Å²) in [5, 5.41) is 2.91. The molecule has 0 aliphatic carbocycles. The highest BCUT2D eigenvalue weighted by atomic mass is 19.1. The molecule has 2 heterocycles. The maximum Gasteiger partial charge on any atom is 0.220 e. The van der Waals surface area contributed by atoms with Crippen LogP contribution >= 0.6 is 0 Å². The minimum Gasteiger partial charge on any atom is -0.349 e. The third-order valence-corrected chi connectivity index (χ3v) is 3.99. The van der Waals surface area contributed by atoms with Crippen LogP contribution in [-0.4, -0.2) is 15.3 Å². The molecule has 0 fully saturated rings. The second-order valence-electron chi connectivity index (χ2n) is 5.78. The molecular weight excluding hydrogens is 305 g/mol. The van der Waals surface area contributed by atoms with Crippen molar-refractivity contribution in [3.63, 3.8) is 0 Å². The first-order valence-corrected chi connectivity index (χ1v) is 8.14. The lowest BCUT2D eigenvalue weighted by Crippen LogP contribution is -2.23. The van der Waals surface area contributed by atoms with Crippen LogP contribution in [0.4, 0.5) is 4.39 Å². The number of rotatable bonds is 7. The molecule has 1 amide bonds. The zero-order chi connectivity index (χ0) is 16.8. The lowest BCUT2D eigenvalue weighted by Gasteiger charge is -2.05. The predicted octanol–water partition coefficient (Wildman–Crippen LogP) is 3.50. The average molecular weight is 325 g/mol. The summed E-state index contributed by atoms with van der Waals surface area (Å²) in [7, 11) is 0. The predicted molar refractivity (Wildman–Crippen MR) is 91.0 cm³/mol. The van der Waals surface area contributed by atoms with E-state index in [2.05, 4.69) is 10.3 Å². The number of benzene rings is 1. The zero-order valence-corrected chi connectivity index (χ0v) is 13.4. The molecule has 0 bridgehead atoms. The molecule has 1 aromatic carbocycles. The molecule has 1 N–H and O–H groups in total. The van der Waals surface area contributed by atoms with E-state index >= 15 is 0 Å². The summed E-state index contributed by atoms with van der Waals surface area (Å²) < 4.78 is 14.8. The molecule has 24 heavy (non-hydrogen) atoms. The normalized spacial score (nSPS) is 10.9. The Hall–Kier alpha value is -2.69. The van der Waals surface area contributed by atoms with Crippen LogP contribution in [0.1, 0.15) is 30.7 Å². The molecule has 124 valence electrons. The number of nitrogens with zero attached hydrogens (tertiary/aromatic N) is 2. The van der Waals surface area contributed by atoms with Crippen LogP contribution in [0.5, 0.6) is 0 Å². The lowest BCUT2D eigenvalue weighted by molar-refractivity contribution is -0.121.